The average molecular weight is 628 g/mol. The molecule has 0 saturated heterocycles. The van der Waals surface area contributed by atoms with Gasteiger partial charge in [0.05, 0.1) is 18.8 Å². The zero-order valence-electron chi connectivity index (χ0n) is 27.5. The second-order valence-corrected chi connectivity index (χ2v) is 13.6. The number of aromatic nitrogens is 2. The lowest BCUT2D eigenvalue weighted by molar-refractivity contribution is 0.00559. The van der Waals surface area contributed by atoms with Gasteiger partial charge in [-0.3, -0.25) is 0 Å². The first kappa shape index (κ1) is 33.9. The molecular formula is C39H53N3O4. The van der Waals surface area contributed by atoms with Crippen molar-refractivity contribution in [3.8, 4) is 23.3 Å². The number of aryl methyl sites for hydroxylation is 1. The van der Waals surface area contributed by atoms with E-state index in [0.717, 1.165) is 56.1 Å². The molecule has 248 valence electrons. The molecule has 1 aromatic carbocycles. The molecule has 0 amide bonds. The molecule has 46 heavy (non-hydrogen) atoms. The Hall–Kier alpha value is -3.47. The molecule has 5 atom stereocenters. The minimum atomic E-state index is -0.657. The van der Waals surface area contributed by atoms with Gasteiger partial charge in [0.25, 0.3) is 0 Å². The molecule has 1 saturated carbocycles. The predicted molar refractivity (Wildman–Crippen MR) is 184 cm³/mol. The summed E-state index contributed by atoms with van der Waals surface area (Å²) in [4.78, 5) is 7.79. The Labute approximate surface area is 275 Å². The normalized spacial score (nSPS) is 23.1. The Morgan fingerprint density at radius 2 is 1.89 bits per heavy atom. The molecule has 7 nitrogen and oxygen atoms in total. The van der Waals surface area contributed by atoms with Gasteiger partial charge in [0, 0.05) is 41.8 Å². The van der Waals surface area contributed by atoms with Gasteiger partial charge >= 0.3 is 0 Å². The first-order valence-corrected chi connectivity index (χ1v) is 17.5. The number of aromatic hydroxyl groups is 1. The average Bonchev–Trinajstić information content (AvgIpc) is 3.62. The molecule has 6 N–H and O–H groups in total. The van der Waals surface area contributed by atoms with Crippen LogP contribution < -0.4 is 10.5 Å². The van der Waals surface area contributed by atoms with E-state index in [1.54, 1.807) is 12.3 Å². The Kier molecular flexibility index (Phi) is 12.1. The number of H-pyrrole nitrogens is 1. The number of nitrogens with zero attached hydrogens (tertiary/aromatic N) is 1. The van der Waals surface area contributed by atoms with Crippen molar-refractivity contribution >= 4 is 5.82 Å². The zero-order valence-corrected chi connectivity index (χ0v) is 27.5. The number of phenols is 1. The topological polar surface area (TPSA) is 125 Å². The zero-order chi connectivity index (χ0) is 32.4. The van der Waals surface area contributed by atoms with Crippen molar-refractivity contribution in [2.75, 3.05) is 12.3 Å². The molecule has 7 heteroatoms. The smallest absolute Gasteiger partial charge is 0.161 e. The van der Waals surface area contributed by atoms with Crippen LogP contribution >= 0.6 is 0 Å². The number of benzene rings is 1. The molecule has 0 bridgehead atoms. The van der Waals surface area contributed by atoms with Crippen LogP contribution in [0.1, 0.15) is 113 Å². The summed E-state index contributed by atoms with van der Waals surface area (Å²) >= 11 is 0. The van der Waals surface area contributed by atoms with Gasteiger partial charge in [0.15, 0.2) is 11.5 Å². The summed E-state index contributed by atoms with van der Waals surface area (Å²) in [6.45, 7) is 2.61. The van der Waals surface area contributed by atoms with Crippen molar-refractivity contribution < 1.29 is 20.1 Å². The number of aliphatic hydroxyl groups is 2. The number of nitrogens with two attached hydrogens (primary N) is 1. The maximum absolute atomic E-state index is 11.2. The number of aliphatic hydroxyl groups excluding tert-OH is 2. The number of hydrogen-bond donors (Lipinski definition) is 5. The SMILES string of the molecule is CC[C@H]1C#CC[C@H]([C@H](O)CCc2ccc(O)c(OCC[C@H](c3ccnc(N)c3)C3(c4ccc[nH]4)CCCCC3)c2)[C@@H](O)CCCC1. The van der Waals surface area contributed by atoms with Crippen LogP contribution in [0.4, 0.5) is 5.82 Å². The molecule has 0 unspecified atom stereocenters. The summed E-state index contributed by atoms with van der Waals surface area (Å²) in [5, 5.41) is 32.8. The second kappa shape index (κ2) is 16.4. The van der Waals surface area contributed by atoms with E-state index in [2.05, 4.69) is 46.9 Å². The lowest BCUT2D eigenvalue weighted by atomic mass is 9.61. The molecule has 2 aliphatic rings. The van der Waals surface area contributed by atoms with Gasteiger partial charge in [0.1, 0.15) is 5.82 Å². The van der Waals surface area contributed by atoms with Gasteiger partial charge in [-0.2, -0.15) is 0 Å². The fraction of sp³-hybridized carbons (Fsp3) is 0.564. The quantitative estimate of drug-likeness (QED) is 0.133. The molecular weight excluding hydrogens is 574 g/mol. The number of aromatic amines is 1. The Balaban J connectivity index is 1.26. The van der Waals surface area contributed by atoms with E-state index >= 15 is 0 Å². The Morgan fingerprint density at radius 1 is 1.07 bits per heavy atom. The minimum Gasteiger partial charge on any atom is -0.504 e. The van der Waals surface area contributed by atoms with Crippen LogP contribution in [0.5, 0.6) is 11.5 Å². The van der Waals surface area contributed by atoms with Gasteiger partial charge in [-0.15, -0.1) is 5.92 Å². The number of nitrogen functional groups attached to an aromatic ring is 1. The maximum Gasteiger partial charge on any atom is 0.161 e. The van der Waals surface area contributed by atoms with Crippen LogP contribution in [-0.4, -0.2) is 44.1 Å². The molecule has 1 fully saturated rings. The minimum absolute atomic E-state index is 0.0551. The molecule has 3 aromatic rings. The van der Waals surface area contributed by atoms with Crippen molar-refractivity contribution in [2.24, 2.45) is 11.8 Å². The Morgan fingerprint density at radius 3 is 2.65 bits per heavy atom. The van der Waals surface area contributed by atoms with Crippen LogP contribution in [-0.2, 0) is 11.8 Å². The van der Waals surface area contributed by atoms with Crippen molar-refractivity contribution in [1.29, 1.82) is 0 Å². The van der Waals surface area contributed by atoms with Crippen LogP contribution in [0.15, 0.2) is 54.9 Å². The number of rotatable bonds is 12. The van der Waals surface area contributed by atoms with E-state index in [1.807, 2.05) is 24.4 Å². The van der Waals surface area contributed by atoms with Crippen molar-refractivity contribution in [3.05, 3.63) is 71.7 Å². The summed E-state index contributed by atoms with van der Waals surface area (Å²) in [6.07, 6.45) is 15.6. The van der Waals surface area contributed by atoms with E-state index in [9.17, 15) is 15.3 Å². The summed E-state index contributed by atoms with van der Waals surface area (Å²) in [7, 11) is 0. The fourth-order valence-electron chi connectivity index (χ4n) is 7.90. The molecule has 2 aromatic heterocycles. The molecule has 2 heterocycles. The van der Waals surface area contributed by atoms with Gasteiger partial charge in [-0.1, -0.05) is 51.0 Å². The summed E-state index contributed by atoms with van der Waals surface area (Å²) in [5.41, 5.74) is 9.51. The highest BCUT2D eigenvalue weighted by Crippen LogP contribution is 2.50. The maximum atomic E-state index is 11.2. The highest BCUT2D eigenvalue weighted by Gasteiger charge is 2.42. The molecule has 5 rings (SSSR count). The summed E-state index contributed by atoms with van der Waals surface area (Å²) in [5.74, 6) is 8.04. The number of anilines is 1. The number of hydrogen-bond acceptors (Lipinski definition) is 6. The van der Waals surface area contributed by atoms with E-state index in [1.165, 1.54) is 25.0 Å². The number of phenolic OH excluding ortho intramolecular Hbond substituents is 1. The van der Waals surface area contributed by atoms with E-state index in [4.69, 9.17) is 10.5 Å². The van der Waals surface area contributed by atoms with Crippen LogP contribution in [0.2, 0.25) is 0 Å². The lowest BCUT2D eigenvalue weighted by Crippen LogP contribution is -2.37. The van der Waals surface area contributed by atoms with Crippen LogP contribution in [0.3, 0.4) is 0 Å². The predicted octanol–water partition coefficient (Wildman–Crippen LogP) is 7.42. The largest absolute Gasteiger partial charge is 0.504 e. The Bertz CT molecular complexity index is 1420. The number of ether oxygens (including phenoxy) is 1. The monoisotopic (exact) mass is 627 g/mol. The summed E-state index contributed by atoms with van der Waals surface area (Å²) < 4.78 is 6.30. The van der Waals surface area contributed by atoms with Crippen molar-refractivity contribution in [1.82, 2.24) is 9.97 Å². The van der Waals surface area contributed by atoms with E-state index in [0.29, 0.717) is 49.8 Å². The van der Waals surface area contributed by atoms with Crippen molar-refractivity contribution in [3.63, 3.8) is 0 Å². The number of pyridine rings is 1. The van der Waals surface area contributed by atoms with Crippen LogP contribution in [0.25, 0.3) is 0 Å². The highest BCUT2D eigenvalue weighted by molar-refractivity contribution is 5.42. The highest BCUT2D eigenvalue weighted by atomic mass is 16.5. The third-order valence-electron chi connectivity index (χ3n) is 10.6. The standard InChI is InChI=1S/C39H53N3O4/c1-2-28-10-4-5-13-33(43)31(12-8-11-28)34(44)17-15-29-16-18-35(45)36(26-29)46-25-20-32(30-19-24-42-38(40)27-30)39(21-6-3-7-22-39)37-14-9-23-41-37/h9,14,16,18-19,23-24,26-28,31-34,41,43-45H,2-7,10,12-13,15,17,20-22,25H2,1H3,(H2,40,42)/t28-,31+,32-,33+,34-/m1/s1. The third kappa shape index (κ3) is 8.46. The fourth-order valence-corrected chi connectivity index (χ4v) is 7.90. The first-order valence-electron chi connectivity index (χ1n) is 17.5. The third-order valence-corrected chi connectivity index (χ3v) is 10.6. The molecule has 0 radical (unpaired) electrons. The summed E-state index contributed by atoms with van der Waals surface area (Å²) in [6, 6.07) is 13.8. The van der Waals surface area contributed by atoms with E-state index in [-0.39, 0.29) is 23.0 Å². The first-order chi connectivity index (χ1) is 22.4. The van der Waals surface area contributed by atoms with Crippen molar-refractivity contribution in [2.45, 2.75) is 120 Å². The van der Waals surface area contributed by atoms with Gasteiger partial charge in [0.2, 0.25) is 0 Å². The molecule has 0 aliphatic heterocycles. The van der Waals surface area contributed by atoms with Gasteiger partial charge < -0.3 is 30.8 Å². The molecule has 2 aliphatic carbocycles. The lowest BCUT2D eigenvalue weighted by Gasteiger charge is -2.44. The van der Waals surface area contributed by atoms with Crippen LogP contribution in [0, 0.1) is 23.7 Å². The van der Waals surface area contributed by atoms with Gasteiger partial charge in [-0.25, -0.2) is 4.98 Å². The number of nitrogens with one attached hydrogen (secondary N) is 1. The van der Waals surface area contributed by atoms with E-state index < -0.39 is 12.2 Å². The molecule has 0 spiro atoms. The second-order valence-electron chi connectivity index (χ2n) is 13.6. The van der Waals surface area contributed by atoms with Gasteiger partial charge in [-0.05, 0) is 105 Å².